The van der Waals surface area contributed by atoms with E-state index in [1.54, 1.807) is 0 Å². The third-order valence-corrected chi connectivity index (χ3v) is 3.01. The number of hydrogen-bond acceptors (Lipinski definition) is 2. The number of rotatable bonds is 6. The molecule has 1 atom stereocenters. The highest BCUT2D eigenvalue weighted by molar-refractivity contribution is 5.22. The van der Waals surface area contributed by atoms with E-state index >= 15 is 0 Å². The Morgan fingerprint density at radius 3 is 2.19 bits per heavy atom. The van der Waals surface area contributed by atoms with Crippen molar-refractivity contribution in [1.29, 1.82) is 0 Å². The summed E-state index contributed by atoms with van der Waals surface area (Å²) in [5.41, 5.74) is 8.80. The van der Waals surface area contributed by atoms with Gasteiger partial charge in [-0.05, 0) is 32.0 Å². The molecule has 90 valence electrons. The van der Waals surface area contributed by atoms with Gasteiger partial charge in [0.1, 0.15) is 0 Å². The third-order valence-electron chi connectivity index (χ3n) is 3.01. The second-order valence-corrected chi connectivity index (χ2v) is 4.44. The van der Waals surface area contributed by atoms with E-state index in [2.05, 4.69) is 49.9 Å². The minimum Gasteiger partial charge on any atom is -0.326 e. The molecule has 0 fully saturated rings. The summed E-state index contributed by atoms with van der Waals surface area (Å²) in [6.45, 7) is 9.63. The van der Waals surface area contributed by atoms with Gasteiger partial charge in [-0.3, -0.25) is 0 Å². The molecular formula is C14H24N2. The van der Waals surface area contributed by atoms with Crippen molar-refractivity contribution in [3.05, 3.63) is 35.4 Å². The molecule has 0 aliphatic heterocycles. The first-order valence-corrected chi connectivity index (χ1v) is 6.19. The van der Waals surface area contributed by atoms with Gasteiger partial charge in [0.05, 0.1) is 0 Å². The summed E-state index contributed by atoms with van der Waals surface area (Å²) in [5.74, 6) is 0. The van der Waals surface area contributed by atoms with E-state index in [4.69, 9.17) is 5.73 Å². The molecule has 16 heavy (non-hydrogen) atoms. The molecule has 1 aromatic carbocycles. The summed E-state index contributed by atoms with van der Waals surface area (Å²) in [6, 6.07) is 8.90. The Morgan fingerprint density at radius 1 is 1.12 bits per heavy atom. The van der Waals surface area contributed by atoms with Crippen LogP contribution in [0.5, 0.6) is 0 Å². The minimum absolute atomic E-state index is 0.239. The molecule has 0 saturated carbocycles. The molecule has 0 aromatic heterocycles. The summed E-state index contributed by atoms with van der Waals surface area (Å²) in [5, 5.41) is 0. The van der Waals surface area contributed by atoms with Crippen LogP contribution < -0.4 is 5.73 Å². The first-order chi connectivity index (χ1) is 7.65. The van der Waals surface area contributed by atoms with Crippen molar-refractivity contribution in [2.24, 2.45) is 5.73 Å². The standard InChI is InChI=1S/C14H24N2/c1-4-16(5-2)11-14(15)10-13-8-6-12(3)7-9-13/h6-9,14H,4-5,10-11,15H2,1-3H3. The predicted molar refractivity (Wildman–Crippen MR) is 70.6 cm³/mol. The average Bonchev–Trinajstić information content (AvgIpc) is 2.29. The summed E-state index contributed by atoms with van der Waals surface area (Å²) in [7, 11) is 0. The fourth-order valence-corrected chi connectivity index (χ4v) is 1.90. The largest absolute Gasteiger partial charge is 0.326 e. The Hall–Kier alpha value is -0.860. The molecule has 0 amide bonds. The monoisotopic (exact) mass is 220 g/mol. The highest BCUT2D eigenvalue weighted by atomic mass is 15.1. The van der Waals surface area contributed by atoms with Gasteiger partial charge < -0.3 is 10.6 Å². The van der Waals surface area contributed by atoms with Crippen LogP contribution in [0.3, 0.4) is 0 Å². The van der Waals surface area contributed by atoms with E-state index in [9.17, 15) is 0 Å². The average molecular weight is 220 g/mol. The van der Waals surface area contributed by atoms with Crippen LogP contribution in [0.2, 0.25) is 0 Å². The number of likely N-dealkylation sites (N-methyl/N-ethyl adjacent to an activating group) is 1. The second-order valence-electron chi connectivity index (χ2n) is 4.44. The number of benzene rings is 1. The molecule has 0 aliphatic rings. The maximum Gasteiger partial charge on any atom is 0.0208 e. The number of hydrogen-bond donors (Lipinski definition) is 1. The van der Waals surface area contributed by atoms with Crippen LogP contribution in [0, 0.1) is 6.92 Å². The molecule has 0 radical (unpaired) electrons. The summed E-state index contributed by atoms with van der Waals surface area (Å²) >= 11 is 0. The molecule has 0 spiro atoms. The van der Waals surface area contributed by atoms with Crippen LogP contribution in [-0.4, -0.2) is 30.6 Å². The minimum atomic E-state index is 0.239. The lowest BCUT2D eigenvalue weighted by molar-refractivity contribution is 0.282. The van der Waals surface area contributed by atoms with Gasteiger partial charge >= 0.3 is 0 Å². The Labute approximate surface area is 99.5 Å². The van der Waals surface area contributed by atoms with Crippen molar-refractivity contribution in [3.63, 3.8) is 0 Å². The maximum atomic E-state index is 6.15. The van der Waals surface area contributed by atoms with Gasteiger partial charge in [0.2, 0.25) is 0 Å². The molecule has 1 rings (SSSR count). The van der Waals surface area contributed by atoms with Gasteiger partial charge in [0.25, 0.3) is 0 Å². The van der Waals surface area contributed by atoms with Crippen LogP contribution in [0.4, 0.5) is 0 Å². The quantitative estimate of drug-likeness (QED) is 0.796. The van der Waals surface area contributed by atoms with Crippen molar-refractivity contribution in [2.75, 3.05) is 19.6 Å². The van der Waals surface area contributed by atoms with Crippen LogP contribution in [0.15, 0.2) is 24.3 Å². The second kappa shape index (κ2) is 6.66. The third kappa shape index (κ3) is 4.33. The molecule has 0 bridgehead atoms. The maximum absolute atomic E-state index is 6.15. The molecule has 0 aliphatic carbocycles. The predicted octanol–water partition coefficient (Wildman–Crippen LogP) is 2.21. The van der Waals surface area contributed by atoms with Crippen molar-refractivity contribution in [3.8, 4) is 0 Å². The van der Waals surface area contributed by atoms with Crippen molar-refractivity contribution in [2.45, 2.75) is 33.2 Å². The Morgan fingerprint density at radius 2 is 1.69 bits per heavy atom. The topological polar surface area (TPSA) is 29.3 Å². The van der Waals surface area contributed by atoms with Crippen LogP contribution >= 0.6 is 0 Å². The van der Waals surface area contributed by atoms with E-state index in [1.165, 1.54) is 11.1 Å². The lowest BCUT2D eigenvalue weighted by Crippen LogP contribution is -2.38. The highest BCUT2D eigenvalue weighted by Crippen LogP contribution is 2.06. The summed E-state index contributed by atoms with van der Waals surface area (Å²) in [4.78, 5) is 2.37. The van der Waals surface area contributed by atoms with E-state index < -0.39 is 0 Å². The molecule has 1 aromatic rings. The normalized spacial score (nSPS) is 13.1. The SMILES string of the molecule is CCN(CC)CC(N)Cc1ccc(C)cc1. The van der Waals surface area contributed by atoms with Crippen molar-refractivity contribution < 1.29 is 0 Å². The lowest BCUT2D eigenvalue weighted by atomic mass is 10.0. The molecule has 2 heteroatoms. The van der Waals surface area contributed by atoms with Gasteiger partial charge in [-0.2, -0.15) is 0 Å². The van der Waals surface area contributed by atoms with Crippen LogP contribution in [0.1, 0.15) is 25.0 Å². The molecule has 0 heterocycles. The lowest BCUT2D eigenvalue weighted by Gasteiger charge is -2.22. The van der Waals surface area contributed by atoms with E-state index in [1.807, 2.05) is 0 Å². The van der Waals surface area contributed by atoms with E-state index in [-0.39, 0.29) is 6.04 Å². The zero-order valence-corrected chi connectivity index (χ0v) is 10.7. The zero-order valence-electron chi connectivity index (χ0n) is 10.7. The number of nitrogens with zero attached hydrogens (tertiary/aromatic N) is 1. The Balaban J connectivity index is 2.44. The van der Waals surface area contributed by atoms with E-state index in [0.29, 0.717) is 0 Å². The zero-order chi connectivity index (χ0) is 12.0. The molecule has 2 N–H and O–H groups in total. The van der Waals surface area contributed by atoms with E-state index in [0.717, 1.165) is 26.1 Å². The molecule has 0 saturated heterocycles. The van der Waals surface area contributed by atoms with Crippen molar-refractivity contribution >= 4 is 0 Å². The number of nitrogens with two attached hydrogens (primary N) is 1. The van der Waals surface area contributed by atoms with Gasteiger partial charge in [-0.25, -0.2) is 0 Å². The first-order valence-electron chi connectivity index (χ1n) is 6.19. The Kier molecular flexibility index (Phi) is 5.50. The molecule has 2 nitrogen and oxygen atoms in total. The van der Waals surface area contributed by atoms with Crippen LogP contribution in [0.25, 0.3) is 0 Å². The van der Waals surface area contributed by atoms with Gasteiger partial charge in [0.15, 0.2) is 0 Å². The fraction of sp³-hybridized carbons (Fsp3) is 0.571. The van der Waals surface area contributed by atoms with Gasteiger partial charge in [-0.15, -0.1) is 0 Å². The summed E-state index contributed by atoms with van der Waals surface area (Å²) in [6.07, 6.45) is 0.969. The summed E-state index contributed by atoms with van der Waals surface area (Å²) < 4.78 is 0. The first kappa shape index (κ1) is 13.2. The van der Waals surface area contributed by atoms with Crippen LogP contribution in [-0.2, 0) is 6.42 Å². The molecule has 1 unspecified atom stereocenters. The highest BCUT2D eigenvalue weighted by Gasteiger charge is 2.08. The number of aryl methyl sites for hydroxylation is 1. The smallest absolute Gasteiger partial charge is 0.0208 e. The van der Waals surface area contributed by atoms with Gasteiger partial charge in [0, 0.05) is 12.6 Å². The Bertz CT molecular complexity index is 288. The van der Waals surface area contributed by atoms with Crippen molar-refractivity contribution in [1.82, 2.24) is 4.90 Å². The molecular weight excluding hydrogens is 196 g/mol. The fourth-order valence-electron chi connectivity index (χ4n) is 1.90. The van der Waals surface area contributed by atoms with Gasteiger partial charge in [-0.1, -0.05) is 43.7 Å².